The summed E-state index contributed by atoms with van der Waals surface area (Å²) in [6.07, 6.45) is 3.28. The van der Waals surface area contributed by atoms with Crippen molar-refractivity contribution in [3.63, 3.8) is 0 Å². The molecule has 0 saturated heterocycles. The zero-order valence-electron chi connectivity index (χ0n) is 13.4. The van der Waals surface area contributed by atoms with E-state index in [1.807, 2.05) is 13.0 Å². The van der Waals surface area contributed by atoms with E-state index in [9.17, 15) is 15.3 Å². The van der Waals surface area contributed by atoms with E-state index in [-0.39, 0.29) is 17.3 Å². The first-order valence-corrected chi connectivity index (χ1v) is 8.61. The predicted molar refractivity (Wildman–Crippen MR) is 84.7 cm³/mol. The lowest BCUT2D eigenvalue weighted by molar-refractivity contribution is -0.0445. The van der Waals surface area contributed by atoms with Crippen molar-refractivity contribution in [3.8, 4) is 5.75 Å². The van der Waals surface area contributed by atoms with E-state index in [1.54, 1.807) is 6.07 Å². The number of fused-ring (bicyclic) bond motifs is 5. The van der Waals surface area contributed by atoms with E-state index in [2.05, 4.69) is 13.0 Å². The number of aliphatic hydroxyl groups excluding tert-OH is 2. The number of rotatable bonds is 0. The summed E-state index contributed by atoms with van der Waals surface area (Å²) in [5.41, 5.74) is 2.48. The van der Waals surface area contributed by atoms with E-state index in [0.29, 0.717) is 17.6 Å². The Bertz CT molecular complexity index is 598. The molecule has 0 aliphatic heterocycles. The Morgan fingerprint density at radius 3 is 2.73 bits per heavy atom. The molecule has 0 radical (unpaired) electrons. The monoisotopic (exact) mass is 302 g/mol. The Balaban J connectivity index is 1.74. The number of phenols is 1. The number of hydrogen-bond donors (Lipinski definition) is 3. The third-order valence-corrected chi connectivity index (χ3v) is 7.09. The van der Waals surface area contributed by atoms with Crippen LogP contribution in [0.25, 0.3) is 0 Å². The topological polar surface area (TPSA) is 60.7 Å². The first kappa shape index (κ1) is 14.5. The maximum Gasteiger partial charge on any atom is 0.115 e. The first-order chi connectivity index (χ1) is 10.4. The maximum atomic E-state index is 10.8. The van der Waals surface area contributed by atoms with Crippen molar-refractivity contribution in [2.24, 2.45) is 23.2 Å². The van der Waals surface area contributed by atoms with Crippen LogP contribution in [0, 0.1) is 23.2 Å². The van der Waals surface area contributed by atoms with Crippen molar-refractivity contribution < 1.29 is 15.3 Å². The van der Waals surface area contributed by atoms with Gasteiger partial charge >= 0.3 is 0 Å². The molecule has 2 saturated carbocycles. The summed E-state index contributed by atoms with van der Waals surface area (Å²) in [4.78, 5) is 0. The van der Waals surface area contributed by atoms with Crippen molar-refractivity contribution >= 4 is 0 Å². The number of hydrogen-bond acceptors (Lipinski definition) is 3. The van der Waals surface area contributed by atoms with Crippen LogP contribution < -0.4 is 0 Å². The number of aliphatic hydroxyl groups is 2. The van der Waals surface area contributed by atoms with Gasteiger partial charge in [-0.05, 0) is 72.1 Å². The van der Waals surface area contributed by atoms with E-state index in [4.69, 9.17) is 0 Å². The summed E-state index contributed by atoms with van der Waals surface area (Å²) in [6.45, 7) is 4.17. The molecule has 0 aromatic heterocycles. The molecule has 7 unspecified atom stereocenters. The lowest BCUT2D eigenvalue weighted by Crippen LogP contribution is -2.46. The Morgan fingerprint density at radius 1 is 1.18 bits per heavy atom. The molecule has 0 amide bonds. The van der Waals surface area contributed by atoms with Crippen LogP contribution in [0.3, 0.4) is 0 Å². The van der Waals surface area contributed by atoms with Gasteiger partial charge in [-0.1, -0.05) is 19.9 Å². The second-order valence-electron chi connectivity index (χ2n) is 8.06. The predicted octanol–water partition coefficient (Wildman–Crippen LogP) is 2.83. The van der Waals surface area contributed by atoms with Crippen LogP contribution in [0.1, 0.15) is 50.2 Å². The quantitative estimate of drug-likeness (QED) is 0.690. The number of phenolic OH excluding ortho intramolecular Hbond substituents is 1. The van der Waals surface area contributed by atoms with E-state index in [0.717, 1.165) is 25.7 Å². The molecule has 22 heavy (non-hydrogen) atoms. The average Bonchev–Trinajstić information content (AvgIpc) is 2.68. The molecule has 0 spiro atoms. The number of aromatic hydroxyl groups is 1. The molecule has 120 valence electrons. The third-order valence-electron chi connectivity index (χ3n) is 7.09. The molecule has 0 bridgehead atoms. The standard InChI is InChI=1S/C19H26O3/c1-10-17(21)16-15-5-3-11-9-12(20)4-6-13(11)14(15)7-8-19(16,2)18(10)22/h4,6,9-10,14-18,20-22H,3,5,7-8H2,1-2H3. The van der Waals surface area contributed by atoms with Crippen LogP contribution >= 0.6 is 0 Å². The van der Waals surface area contributed by atoms with Gasteiger partial charge in [0.1, 0.15) is 5.75 Å². The van der Waals surface area contributed by atoms with Crippen LogP contribution in [0.4, 0.5) is 0 Å². The molecule has 3 aliphatic rings. The Morgan fingerprint density at radius 2 is 1.95 bits per heavy atom. The molecular formula is C19H26O3. The lowest BCUT2D eigenvalue weighted by atomic mass is 9.55. The molecule has 1 aromatic rings. The molecule has 1 aromatic carbocycles. The molecule has 3 N–H and O–H groups in total. The highest BCUT2D eigenvalue weighted by Gasteiger charge is 2.61. The van der Waals surface area contributed by atoms with E-state index >= 15 is 0 Å². The van der Waals surface area contributed by atoms with Crippen LogP contribution in [-0.2, 0) is 6.42 Å². The fourth-order valence-corrected chi connectivity index (χ4v) is 5.95. The van der Waals surface area contributed by atoms with Crippen molar-refractivity contribution in [3.05, 3.63) is 29.3 Å². The molecule has 2 fully saturated rings. The van der Waals surface area contributed by atoms with Crippen LogP contribution in [0.15, 0.2) is 18.2 Å². The van der Waals surface area contributed by atoms with E-state index < -0.39 is 12.2 Å². The van der Waals surface area contributed by atoms with Crippen molar-refractivity contribution in [2.75, 3.05) is 0 Å². The highest BCUT2D eigenvalue weighted by molar-refractivity contribution is 5.40. The minimum atomic E-state index is -0.397. The summed E-state index contributed by atoms with van der Waals surface area (Å²) in [5, 5.41) is 31.1. The van der Waals surface area contributed by atoms with Gasteiger partial charge in [-0.25, -0.2) is 0 Å². The van der Waals surface area contributed by atoms with Crippen molar-refractivity contribution in [2.45, 2.75) is 57.7 Å². The maximum absolute atomic E-state index is 10.8. The summed E-state index contributed by atoms with van der Waals surface area (Å²) in [5.74, 6) is 1.43. The van der Waals surface area contributed by atoms with Gasteiger partial charge in [0.05, 0.1) is 12.2 Å². The summed E-state index contributed by atoms with van der Waals surface area (Å²) in [7, 11) is 0. The van der Waals surface area contributed by atoms with E-state index in [1.165, 1.54) is 11.1 Å². The highest BCUT2D eigenvalue weighted by Crippen LogP contribution is 2.62. The first-order valence-electron chi connectivity index (χ1n) is 8.61. The van der Waals surface area contributed by atoms with Gasteiger partial charge in [-0.2, -0.15) is 0 Å². The smallest absolute Gasteiger partial charge is 0.115 e. The van der Waals surface area contributed by atoms with Gasteiger partial charge in [0.15, 0.2) is 0 Å². The molecule has 3 heteroatoms. The average molecular weight is 302 g/mol. The molecular weight excluding hydrogens is 276 g/mol. The van der Waals surface area contributed by atoms with Gasteiger partial charge in [-0.3, -0.25) is 0 Å². The number of benzene rings is 1. The molecule has 4 rings (SSSR count). The molecule has 7 atom stereocenters. The normalized spacial score (nSPS) is 46.7. The highest BCUT2D eigenvalue weighted by atomic mass is 16.3. The molecule has 3 nitrogen and oxygen atoms in total. The zero-order valence-corrected chi connectivity index (χ0v) is 13.4. The molecule has 3 aliphatic carbocycles. The largest absolute Gasteiger partial charge is 0.508 e. The summed E-state index contributed by atoms with van der Waals surface area (Å²) < 4.78 is 0. The lowest BCUT2D eigenvalue weighted by Gasteiger charge is -2.50. The van der Waals surface area contributed by atoms with Gasteiger partial charge in [0.2, 0.25) is 0 Å². The van der Waals surface area contributed by atoms with Crippen LogP contribution in [0.2, 0.25) is 0 Å². The number of aryl methyl sites for hydroxylation is 1. The second-order valence-corrected chi connectivity index (χ2v) is 8.06. The van der Waals surface area contributed by atoms with Gasteiger partial charge in [0, 0.05) is 5.92 Å². The summed E-state index contributed by atoms with van der Waals surface area (Å²) >= 11 is 0. The second kappa shape index (κ2) is 4.72. The zero-order chi connectivity index (χ0) is 15.6. The SMILES string of the molecule is CC1C(O)C2C3CCc4cc(O)ccc4C3CCC2(C)C1O. The summed E-state index contributed by atoms with van der Waals surface area (Å²) in [6, 6.07) is 5.77. The van der Waals surface area contributed by atoms with Gasteiger partial charge < -0.3 is 15.3 Å². The van der Waals surface area contributed by atoms with Gasteiger partial charge in [0.25, 0.3) is 0 Å². The Labute approximate surface area is 132 Å². The van der Waals surface area contributed by atoms with Crippen LogP contribution in [-0.4, -0.2) is 27.5 Å². The Kier molecular flexibility index (Phi) is 3.11. The third kappa shape index (κ3) is 1.75. The van der Waals surface area contributed by atoms with Crippen molar-refractivity contribution in [1.82, 2.24) is 0 Å². The minimum absolute atomic E-state index is 0.0324. The molecule has 0 heterocycles. The fourth-order valence-electron chi connectivity index (χ4n) is 5.95. The van der Waals surface area contributed by atoms with Crippen molar-refractivity contribution in [1.29, 1.82) is 0 Å². The van der Waals surface area contributed by atoms with Gasteiger partial charge in [-0.15, -0.1) is 0 Å². The van der Waals surface area contributed by atoms with Crippen LogP contribution in [0.5, 0.6) is 5.75 Å². The fraction of sp³-hybridized carbons (Fsp3) is 0.684. The Hall–Kier alpha value is -1.06. The minimum Gasteiger partial charge on any atom is -0.508 e.